The van der Waals surface area contributed by atoms with Gasteiger partial charge in [0.25, 0.3) is 0 Å². The zero-order valence-corrected chi connectivity index (χ0v) is 10.5. The lowest BCUT2D eigenvalue weighted by Crippen LogP contribution is -2.07. The highest BCUT2D eigenvalue weighted by Gasteiger charge is 2.30. The second-order valence-corrected chi connectivity index (χ2v) is 4.28. The predicted molar refractivity (Wildman–Crippen MR) is 65.7 cm³/mol. The Morgan fingerprint density at radius 2 is 2.06 bits per heavy atom. The van der Waals surface area contributed by atoms with E-state index in [4.69, 9.17) is 6.42 Å². The standard InChI is InChI=1S/C12H11BrF3N/c1-2-3-4-7-17-11-8-9(12(14,15)16)5-6-10(11)13/h1,5-6,8,17H,3-4,7H2. The molecule has 0 bridgehead atoms. The number of terminal acetylenes is 1. The molecule has 0 unspecified atom stereocenters. The van der Waals surface area contributed by atoms with Crippen LogP contribution in [0.1, 0.15) is 18.4 Å². The van der Waals surface area contributed by atoms with E-state index in [1.807, 2.05) is 0 Å². The smallest absolute Gasteiger partial charge is 0.384 e. The number of hydrogen-bond donors (Lipinski definition) is 1. The number of rotatable bonds is 4. The minimum atomic E-state index is -4.32. The molecule has 0 fully saturated rings. The average molecular weight is 306 g/mol. The van der Waals surface area contributed by atoms with E-state index in [1.165, 1.54) is 6.07 Å². The molecule has 0 aliphatic rings. The quantitative estimate of drug-likeness (QED) is 0.646. The molecule has 1 aromatic carbocycles. The summed E-state index contributed by atoms with van der Waals surface area (Å²) < 4.78 is 38.0. The van der Waals surface area contributed by atoms with Crippen molar-refractivity contribution in [2.75, 3.05) is 11.9 Å². The summed E-state index contributed by atoms with van der Waals surface area (Å²) >= 11 is 3.20. The maximum absolute atomic E-state index is 12.5. The Morgan fingerprint density at radius 3 is 2.65 bits per heavy atom. The molecule has 1 N–H and O–H groups in total. The molecule has 17 heavy (non-hydrogen) atoms. The second kappa shape index (κ2) is 5.97. The van der Waals surface area contributed by atoms with Gasteiger partial charge in [0.2, 0.25) is 0 Å². The first-order valence-corrected chi connectivity index (χ1v) is 5.78. The SMILES string of the molecule is C#CCCCNc1cc(C(F)(F)F)ccc1Br. The number of unbranched alkanes of at least 4 members (excludes halogenated alkanes) is 1. The molecule has 0 aliphatic carbocycles. The lowest BCUT2D eigenvalue weighted by molar-refractivity contribution is -0.137. The summed E-state index contributed by atoms with van der Waals surface area (Å²) in [5.41, 5.74) is -0.239. The molecule has 0 atom stereocenters. The van der Waals surface area contributed by atoms with Gasteiger partial charge in [-0.15, -0.1) is 12.3 Å². The lowest BCUT2D eigenvalue weighted by atomic mass is 10.2. The molecule has 1 nitrogen and oxygen atoms in total. The monoisotopic (exact) mass is 305 g/mol. The molecule has 0 amide bonds. The molecule has 1 rings (SSSR count). The first-order valence-electron chi connectivity index (χ1n) is 4.99. The average Bonchev–Trinajstić information content (AvgIpc) is 2.25. The van der Waals surface area contributed by atoms with Crippen LogP contribution in [0.2, 0.25) is 0 Å². The third-order valence-corrected chi connectivity index (χ3v) is 2.80. The van der Waals surface area contributed by atoms with Crippen molar-refractivity contribution >= 4 is 21.6 Å². The Hall–Kier alpha value is -1.15. The number of halogens is 4. The molecule has 92 valence electrons. The van der Waals surface area contributed by atoms with Crippen LogP contribution in [0, 0.1) is 12.3 Å². The van der Waals surface area contributed by atoms with Crippen molar-refractivity contribution in [2.24, 2.45) is 0 Å². The summed E-state index contributed by atoms with van der Waals surface area (Å²) in [5, 5.41) is 2.92. The van der Waals surface area contributed by atoms with Gasteiger partial charge >= 0.3 is 6.18 Å². The summed E-state index contributed by atoms with van der Waals surface area (Å²) in [7, 11) is 0. The van der Waals surface area contributed by atoms with E-state index in [2.05, 4.69) is 27.2 Å². The summed E-state index contributed by atoms with van der Waals surface area (Å²) in [5.74, 6) is 2.47. The van der Waals surface area contributed by atoms with Gasteiger partial charge in [-0.1, -0.05) is 0 Å². The fourth-order valence-electron chi connectivity index (χ4n) is 1.25. The maximum atomic E-state index is 12.5. The number of benzene rings is 1. The van der Waals surface area contributed by atoms with Gasteiger partial charge in [-0.2, -0.15) is 13.2 Å². The Balaban J connectivity index is 2.74. The van der Waals surface area contributed by atoms with E-state index >= 15 is 0 Å². The van der Waals surface area contributed by atoms with E-state index in [0.717, 1.165) is 18.6 Å². The van der Waals surface area contributed by atoms with Crippen LogP contribution < -0.4 is 5.32 Å². The third kappa shape index (κ3) is 4.31. The lowest BCUT2D eigenvalue weighted by Gasteiger charge is -2.12. The van der Waals surface area contributed by atoms with Crippen LogP contribution in [0.15, 0.2) is 22.7 Å². The van der Waals surface area contributed by atoms with Crippen molar-refractivity contribution in [3.63, 3.8) is 0 Å². The normalized spacial score (nSPS) is 11.0. The second-order valence-electron chi connectivity index (χ2n) is 3.43. The Labute approximate surface area is 107 Å². The molecular weight excluding hydrogens is 295 g/mol. The van der Waals surface area contributed by atoms with Gasteiger partial charge in [-0.3, -0.25) is 0 Å². The number of nitrogens with one attached hydrogen (secondary N) is 1. The summed E-state index contributed by atoms with van der Waals surface area (Å²) in [6, 6.07) is 3.50. The van der Waals surface area contributed by atoms with Crippen molar-refractivity contribution in [3.05, 3.63) is 28.2 Å². The van der Waals surface area contributed by atoms with Crippen LogP contribution in [-0.4, -0.2) is 6.54 Å². The van der Waals surface area contributed by atoms with Gasteiger partial charge in [0.05, 0.1) is 5.56 Å². The van der Waals surface area contributed by atoms with E-state index in [9.17, 15) is 13.2 Å². The topological polar surface area (TPSA) is 12.0 Å². The summed E-state index contributed by atoms with van der Waals surface area (Å²) in [6.45, 7) is 0.546. The zero-order valence-electron chi connectivity index (χ0n) is 8.94. The van der Waals surface area contributed by atoms with Crippen molar-refractivity contribution in [1.82, 2.24) is 0 Å². The molecule has 1 aromatic rings. The minimum absolute atomic E-state index is 0.428. The van der Waals surface area contributed by atoms with Crippen LogP contribution >= 0.6 is 15.9 Å². The Kier molecular flexibility index (Phi) is 4.88. The fourth-order valence-corrected chi connectivity index (χ4v) is 1.64. The highest BCUT2D eigenvalue weighted by molar-refractivity contribution is 9.10. The Morgan fingerprint density at radius 1 is 1.35 bits per heavy atom. The van der Waals surface area contributed by atoms with Gasteiger partial charge in [-0.05, 0) is 40.5 Å². The first kappa shape index (κ1) is 13.9. The van der Waals surface area contributed by atoms with Crippen LogP contribution in [0.25, 0.3) is 0 Å². The number of alkyl halides is 3. The van der Waals surface area contributed by atoms with Crippen LogP contribution in [0.4, 0.5) is 18.9 Å². The molecule has 5 heteroatoms. The molecule has 0 aromatic heterocycles. The predicted octanol–water partition coefficient (Wildman–Crippen LogP) is 4.29. The molecule has 0 aliphatic heterocycles. The molecular formula is C12H11BrF3N. The Bertz CT molecular complexity index is 421. The number of anilines is 1. The van der Waals surface area contributed by atoms with E-state index in [-0.39, 0.29) is 0 Å². The summed E-state index contributed by atoms with van der Waals surface area (Å²) in [4.78, 5) is 0. The van der Waals surface area contributed by atoms with Gasteiger partial charge in [0.15, 0.2) is 0 Å². The van der Waals surface area contributed by atoms with Crippen LogP contribution in [0.5, 0.6) is 0 Å². The highest BCUT2D eigenvalue weighted by atomic mass is 79.9. The van der Waals surface area contributed by atoms with Crippen molar-refractivity contribution in [1.29, 1.82) is 0 Å². The molecule has 0 spiro atoms. The fraction of sp³-hybridized carbons (Fsp3) is 0.333. The molecule has 0 saturated carbocycles. The minimum Gasteiger partial charge on any atom is -0.384 e. The van der Waals surface area contributed by atoms with Gasteiger partial charge in [0, 0.05) is 23.1 Å². The van der Waals surface area contributed by atoms with Crippen molar-refractivity contribution in [2.45, 2.75) is 19.0 Å². The molecule has 0 saturated heterocycles. The van der Waals surface area contributed by atoms with E-state index in [0.29, 0.717) is 23.1 Å². The van der Waals surface area contributed by atoms with Crippen molar-refractivity contribution in [3.8, 4) is 12.3 Å². The largest absolute Gasteiger partial charge is 0.416 e. The summed E-state index contributed by atoms with van der Waals surface area (Å²) in [6.07, 6.45) is 2.08. The van der Waals surface area contributed by atoms with E-state index in [1.54, 1.807) is 0 Å². The van der Waals surface area contributed by atoms with Crippen molar-refractivity contribution < 1.29 is 13.2 Å². The highest BCUT2D eigenvalue weighted by Crippen LogP contribution is 2.33. The van der Waals surface area contributed by atoms with Crippen LogP contribution in [-0.2, 0) is 6.18 Å². The molecule has 0 heterocycles. The molecule has 0 radical (unpaired) electrons. The zero-order chi connectivity index (χ0) is 12.9. The first-order chi connectivity index (χ1) is 7.95. The third-order valence-electron chi connectivity index (χ3n) is 2.11. The maximum Gasteiger partial charge on any atom is 0.416 e. The van der Waals surface area contributed by atoms with Gasteiger partial charge in [-0.25, -0.2) is 0 Å². The van der Waals surface area contributed by atoms with Gasteiger partial charge < -0.3 is 5.32 Å². The number of hydrogen-bond acceptors (Lipinski definition) is 1. The van der Waals surface area contributed by atoms with E-state index < -0.39 is 11.7 Å². The van der Waals surface area contributed by atoms with Gasteiger partial charge in [0.1, 0.15) is 0 Å². The van der Waals surface area contributed by atoms with Crippen LogP contribution in [0.3, 0.4) is 0 Å².